The van der Waals surface area contributed by atoms with Gasteiger partial charge in [0.2, 0.25) is 0 Å². The zero-order chi connectivity index (χ0) is 24.6. The average Bonchev–Trinajstić information content (AvgIpc) is 2.85. The summed E-state index contributed by atoms with van der Waals surface area (Å²) in [6.45, 7) is 4.74. The average molecular weight is 507 g/mol. The van der Waals surface area contributed by atoms with Crippen LogP contribution in [-0.4, -0.2) is 19.2 Å². The van der Waals surface area contributed by atoms with E-state index in [1.54, 1.807) is 0 Å². The molecule has 1 atom stereocenters. The lowest BCUT2D eigenvalue weighted by Gasteiger charge is -2.37. The first-order chi connectivity index (χ1) is 16.2. The van der Waals surface area contributed by atoms with Gasteiger partial charge in [-0.1, -0.05) is 128 Å². The Hall–Kier alpha value is -2.61. The Kier molecular flexibility index (Phi) is 8.94. The van der Waals surface area contributed by atoms with E-state index in [0.29, 0.717) is 6.26 Å². The highest BCUT2D eigenvalue weighted by Gasteiger charge is 2.37. The highest BCUT2D eigenvalue weighted by Crippen LogP contribution is 2.57. The summed E-state index contributed by atoms with van der Waals surface area (Å²) in [5, 5.41) is 3.46. The molecule has 0 bridgehead atoms. The normalized spacial score (nSPS) is 11.4. The Morgan fingerprint density at radius 2 is 0.971 bits per heavy atom. The van der Waals surface area contributed by atoms with E-state index in [9.17, 15) is 8.42 Å². The molecule has 0 fully saturated rings. The third kappa shape index (κ3) is 6.72. The van der Waals surface area contributed by atoms with Gasteiger partial charge in [-0.2, -0.15) is 8.42 Å². The molecular weight excluding hydrogens is 478 g/mol. The number of hydrogen-bond acceptors (Lipinski definition) is 2. The van der Waals surface area contributed by atoms with Crippen molar-refractivity contribution in [2.75, 3.05) is 6.26 Å². The minimum atomic E-state index is -3.67. The first kappa shape index (κ1) is 26.0. The lowest BCUT2D eigenvalue weighted by atomic mass is 9.90. The number of benzene rings is 4. The van der Waals surface area contributed by atoms with Crippen LogP contribution in [0.4, 0.5) is 0 Å². The molecule has 0 heterocycles. The molecule has 4 aromatic carbocycles. The molecule has 0 saturated carbocycles. The molecule has 6 heteroatoms. The van der Waals surface area contributed by atoms with E-state index < -0.39 is 18.0 Å². The summed E-state index contributed by atoms with van der Waals surface area (Å²) in [4.78, 5) is 0. The predicted octanol–water partition coefficient (Wildman–Crippen LogP) is 5.96. The molecule has 1 unspecified atom stereocenters. The summed E-state index contributed by atoms with van der Waals surface area (Å²) in [5.74, 6) is 0. The Balaban J connectivity index is 0.000000588. The van der Waals surface area contributed by atoms with Crippen molar-refractivity contribution in [3.05, 3.63) is 144 Å². The minimum Gasteiger partial charge on any atom is -0.286 e. The van der Waals surface area contributed by atoms with Gasteiger partial charge < -0.3 is 0 Å². The Morgan fingerprint density at radius 3 is 1.26 bits per heavy atom. The van der Waals surface area contributed by atoms with E-state index in [0.717, 1.165) is 0 Å². The summed E-state index contributed by atoms with van der Waals surface area (Å²) in [7, 11) is -1.28. The van der Waals surface area contributed by atoms with Crippen molar-refractivity contribution in [3.63, 3.8) is 0 Å². The van der Waals surface area contributed by atoms with E-state index in [2.05, 4.69) is 131 Å². The molecule has 0 aliphatic heterocycles. The number of rotatable bonds is 6. The van der Waals surface area contributed by atoms with E-state index in [-0.39, 0.29) is 5.16 Å². The van der Waals surface area contributed by atoms with Gasteiger partial charge in [-0.25, -0.2) is 0 Å². The van der Waals surface area contributed by atoms with Gasteiger partial charge in [-0.3, -0.25) is 4.55 Å². The molecule has 0 spiro atoms. The molecule has 3 nitrogen and oxygen atoms in total. The van der Waals surface area contributed by atoms with Gasteiger partial charge in [0.05, 0.1) is 11.4 Å². The Bertz CT molecular complexity index is 1210. The second kappa shape index (κ2) is 11.7. The molecule has 34 heavy (non-hydrogen) atoms. The van der Waals surface area contributed by atoms with Crippen LogP contribution in [0.2, 0.25) is 0 Å². The van der Waals surface area contributed by atoms with Crippen LogP contribution in [0.3, 0.4) is 0 Å². The lowest BCUT2D eigenvalue weighted by Crippen LogP contribution is -2.26. The topological polar surface area (TPSA) is 54.4 Å². The van der Waals surface area contributed by atoms with Crippen LogP contribution in [-0.2, 0) is 15.3 Å². The molecule has 0 radical (unpaired) electrons. The van der Waals surface area contributed by atoms with Gasteiger partial charge in [0.1, 0.15) is 0 Å². The smallest absolute Gasteiger partial charge is 0.261 e. The van der Waals surface area contributed by atoms with Crippen LogP contribution in [0.1, 0.15) is 11.1 Å². The van der Waals surface area contributed by atoms with Crippen LogP contribution in [0.25, 0.3) is 0 Å². The number of allylic oxidation sites excluding steroid dienone is 1. The largest absolute Gasteiger partial charge is 0.286 e. The zero-order valence-electron chi connectivity index (χ0n) is 19.0. The molecule has 0 aliphatic rings. The van der Waals surface area contributed by atoms with Crippen molar-refractivity contribution in [1.29, 1.82) is 0 Å². The molecule has 0 saturated heterocycles. The van der Waals surface area contributed by atoms with Gasteiger partial charge in [0.15, 0.2) is 0 Å². The third-order valence-corrected chi connectivity index (χ3v) is 8.99. The van der Waals surface area contributed by atoms with Crippen LogP contribution in [0.5, 0.6) is 0 Å². The Morgan fingerprint density at radius 1 is 0.706 bits per heavy atom. The molecule has 4 rings (SSSR count). The zero-order valence-corrected chi connectivity index (χ0v) is 21.8. The molecule has 1 N–H and O–H groups in total. The third-order valence-electron chi connectivity index (χ3n) is 5.21. The van der Waals surface area contributed by atoms with Gasteiger partial charge in [0.25, 0.3) is 10.1 Å². The van der Waals surface area contributed by atoms with E-state index in [4.69, 9.17) is 11.1 Å². The standard InChI is InChI=1S/C27H24P2.CH4O3S/c1-22(29(25-18-10-4-11-19-25)26-20-12-5-13-21-26)27(28,23-14-6-2-7-15-23)24-16-8-3-9-17-24;1-5(2,3)4/h2-21H,1,28H2;1H3,(H,2,3,4). The van der Waals surface area contributed by atoms with Crippen molar-refractivity contribution in [2.45, 2.75) is 5.16 Å². The molecular formula is C28H28O3P2S. The fourth-order valence-corrected chi connectivity index (χ4v) is 6.94. The minimum absolute atomic E-state index is 0.375. The predicted molar refractivity (Wildman–Crippen MR) is 149 cm³/mol. The fraction of sp³-hybridized carbons (Fsp3) is 0.0714. The maximum Gasteiger partial charge on any atom is 0.261 e. The highest BCUT2D eigenvalue weighted by molar-refractivity contribution is 7.85. The summed E-state index contributed by atoms with van der Waals surface area (Å²) in [6, 6.07) is 42.9. The van der Waals surface area contributed by atoms with Crippen LogP contribution in [0.15, 0.2) is 133 Å². The van der Waals surface area contributed by atoms with Crippen LogP contribution < -0.4 is 10.6 Å². The number of hydrogen-bond donors (Lipinski definition) is 1. The first-order valence-corrected chi connectivity index (χ1v) is 14.4. The van der Waals surface area contributed by atoms with Gasteiger partial charge in [0, 0.05) is 0 Å². The van der Waals surface area contributed by atoms with Gasteiger partial charge in [-0.05, 0) is 35.0 Å². The maximum absolute atomic E-state index is 9.19. The highest BCUT2D eigenvalue weighted by atomic mass is 32.2. The van der Waals surface area contributed by atoms with Crippen molar-refractivity contribution in [1.82, 2.24) is 0 Å². The summed E-state index contributed by atoms with van der Waals surface area (Å²) in [5.41, 5.74) is 2.47. The molecule has 174 valence electrons. The van der Waals surface area contributed by atoms with Crippen molar-refractivity contribution in [3.8, 4) is 0 Å². The van der Waals surface area contributed by atoms with Gasteiger partial charge in [-0.15, -0.1) is 9.24 Å². The molecule has 0 aromatic heterocycles. The van der Waals surface area contributed by atoms with Crippen LogP contribution in [0, 0.1) is 0 Å². The van der Waals surface area contributed by atoms with Crippen molar-refractivity contribution >= 4 is 37.9 Å². The fourth-order valence-electron chi connectivity index (χ4n) is 3.69. The Labute approximate surface area is 206 Å². The van der Waals surface area contributed by atoms with Crippen molar-refractivity contribution in [2.24, 2.45) is 0 Å². The van der Waals surface area contributed by atoms with Crippen LogP contribution >= 0.6 is 17.2 Å². The maximum atomic E-state index is 9.19. The van der Waals surface area contributed by atoms with E-state index in [1.165, 1.54) is 27.1 Å². The first-order valence-electron chi connectivity index (χ1n) is 10.6. The quantitative estimate of drug-likeness (QED) is 0.260. The van der Waals surface area contributed by atoms with E-state index in [1.807, 2.05) is 0 Å². The molecule has 4 aromatic rings. The van der Waals surface area contributed by atoms with Gasteiger partial charge >= 0.3 is 0 Å². The second-order valence-electron chi connectivity index (χ2n) is 7.73. The lowest BCUT2D eigenvalue weighted by molar-refractivity contribution is 0.490. The second-order valence-corrected chi connectivity index (χ2v) is 12.3. The van der Waals surface area contributed by atoms with Crippen molar-refractivity contribution < 1.29 is 13.0 Å². The summed E-state index contributed by atoms with van der Waals surface area (Å²) in [6.07, 6.45) is 0.715. The summed E-state index contributed by atoms with van der Waals surface area (Å²) < 4.78 is 25.9. The summed E-state index contributed by atoms with van der Waals surface area (Å²) >= 11 is 0. The molecule has 0 amide bonds. The SMILES string of the molecule is C=C(P(c1ccccc1)c1ccccc1)C(P)(c1ccccc1)c1ccccc1.CS(=O)(=O)O. The van der Waals surface area contributed by atoms with E-state index >= 15 is 0 Å². The molecule has 0 aliphatic carbocycles. The monoisotopic (exact) mass is 506 g/mol.